The minimum absolute atomic E-state index is 0.147. The summed E-state index contributed by atoms with van der Waals surface area (Å²) in [7, 11) is 1.99. The average Bonchev–Trinajstić information content (AvgIpc) is 2.39. The Labute approximate surface area is 64.8 Å². The fourth-order valence-electron chi connectivity index (χ4n) is 1.56. The van der Waals surface area contributed by atoms with E-state index < -0.39 is 0 Å². The SMILES string of the molecule is CN1CC(O)C1c1cn[nH]c1. The van der Waals surface area contributed by atoms with Crippen molar-refractivity contribution in [2.24, 2.45) is 0 Å². The van der Waals surface area contributed by atoms with Crippen LogP contribution >= 0.6 is 0 Å². The van der Waals surface area contributed by atoms with Crippen LogP contribution in [0, 0.1) is 0 Å². The number of likely N-dealkylation sites (tertiary alicyclic amines) is 1. The van der Waals surface area contributed by atoms with Crippen molar-refractivity contribution in [3.8, 4) is 0 Å². The maximum absolute atomic E-state index is 9.37. The van der Waals surface area contributed by atoms with E-state index in [1.54, 1.807) is 6.20 Å². The van der Waals surface area contributed by atoms with E-state index >= 15 is 0 Å². The molecule has 2 atom stereocenters. The molecule has 2 unspecified atom stereocenters. The highest BCUT2D eigenvalue weighted by atomic mass is 16.3. The fraction of sp³-hybridized carbons (Fsp3) is 0.571. The first-order chi connectivity index (χ1) is 5.29. The normalized spacial score (nSPS) is 31.8. The Balaban J connectivity index is 2.17. The van der Waals surface area contributed by atoms with E-state index in [1.807, 2.05) is 13.2 Å². The molecule has 1 aromatic heterocycles. The smallest absolute Gasteiger partial charge is 0.0864 e. The Kier molecular flexibility index (Phi) is 1.44. The first-order valence-corrected chi connectivity index (χ1v) is 3.66. The molecule has 0 spiro atoms. The molecule has 1 fully saturated rings. The third kappa shape index (κ3) is 0.948. The summed E-state index contributed by atoms with van der Waals surface area (Å²) in [4.78, 5) is 2.09. The van der Waals surface area contributed by atoms with Gasteiger partial charge in [0.05, 0.1) is 18.3 Å². The number of nitrogens with one attached hydrogen (secondary N) is 1. The van der Waals surface area contributed by atoms with Crippen molar-refractivity contribution in [3.63, 3.8) is 0 Å². The summed E-state index contributed by atoms with van der Waals surface area (Å²) >= 11 is 0. The second-order valence-corrected chi connectivity index (χ2v) is 2.98. The first kappa shape index (κ1) is 6.82. The zero-order chi connectivity index (χ0) is 7.84. The largest absolute Gasteiger partial charge is 0.390 e. The number of β-amino-alcohol motifs (C(OH)–C–C–N with tert-alkyl or cyclic N) is 1. The van der Waals surface area contributed by atoms with E-state index in [4.69, 9.17) is 0 Å². The number of aromatic amines is 1. The molecular weight excluding hydrogens is 142 g/mol. The van der Waals surface area contributed by atoms with Crippen molar-refractivity contribution >= 4 is 0 Å². The number of rotatable bonds is 1. The lowest BCUT2D eigenvalue weighted by atomic mass is 9.95. The standard InChI is InChI=1S/C7H11N3O/c1-10-4-6(11)7(10)5-2-8-9-3-5/h2-3,6-7,11H,4H2,1H3,(H,8,9). The number of H-pyrrole nitrogens is 1. The van der Waals surface area contributed by atoms with Gasteiger partial charge in [0.2, 0.25) is 0 Å². The molecule has 1 aromatic rings. The van der Waals surface area contributed by atoms with Gasteiger partial charge in [0.25, 0.3) is 0 Å². The summed E-state index contributed by atoms with van der Waals surface area (Å²) in [6.07, 6.45) is 3.35. The lowest BCUT2D eigenvalue weighted by Gasteiger charge is -2.42. The van der Waals surface area contributed by atoms with Gasteiger partial charge in [-0.2, -0.15) is 5.10 Å². The van der Waals surface area contributed by atoms with Crippen LogP contribution in [0.15, 0.2) is 12.4 Å². The van der Waals surface area contributed by atoms with Gasteiger partial charge in [-0.15, -0.1) is 0 Å². The molecule has 0 aromatic carbocycles. The highest BCUT2D eigenvalue weighted by Gasteiger charge is 2.36. The van der Waals surface area contributed by atoms with Crippen LogP contribution in [-0.4, -0.2) is 39.9 Å². The number of aliphatic hydroxyl groups excluding tert-OH is 1. The maximum atomic E-state index is 9.37. The van der Waals surface area contributed by atoms with Crippen LogP contribution in [0.5, 0.6) is 0 Å². The molecule has 4 nitrogen and oxygen atoms in total. The minimum atomic E-state index is -0.224. The monoisotopic (exact) mass is 153 g/mol. The van der Waals surface area contributed by atoms with E-state index in [1.165, 1.54) is 0 Å². The molecule has 0 bridgehead atoms. The average molecular weight is 153 g/mol. The lowest BCUT2D eigenvalue weighted by molar-refractivity contribution is -0.0468. The lowest BCUT2D eigenvalue weighted by Crippen LogP contribution is -2.50. The van der Waals surface area contributed by atoms with Gasteiger partial charge < -0.3 is 5.11 Å². The molecule has 11 heavy (non-hydrogen) atoms. The molecule has 60 valence electrons. The van der Waals surface area contributed by atoms with Crippen LogP contribution in [0.25, 0.3) is 0 Å². The summed E-state index contributed by atoms with van der Waals surface area (Å²) in [6, 6.07) is 0.147. The van der Waals surface area contributed by atoms with Crippen molar-refractivity contribution in [3.05, 3.63) is 18.0 Å². The number of nitrogens with zero attached hydrogens (tertiary/aromatic N) is 2. The zero-order valence-electron chi connectivity index (χ0n) is 6.36. The number of aromatic nitrogens is 2. The predicted molar refractivity (Wildman–Crippen MR) is 40.0 cm³/mol. The fourth-order valence-corrected chi connectivity index (χ4v) is 1.56. The van der Waals surface area contributed by atoms with Crippen LogP contribution < -0.4 is 0 Å². The van der Waals surface area contributed by atoms with Crippen LogP contribution in [0.3, 0.4) is 0 Å². The predicted octanol–water partition coefficient (Wildman–Crippen LogP) is -0.243. The van der Waals surface area contributed by atoms with Crippen molar-refractivity contribution in [1.29, 1.82) is 0 Å². The number of aliphatic hydroxyl groups is 1. The molecule has 1 saturated heterocycles. The first-order valence-electron chi connectivity index (χ1n) is 3.66. The van der Waals surface area contributed by atoms with Gasteiger partial charge in [-0.05, 0) is 7.05 Å². The highest BCUT2D eigenvalue weighted by molar-refractivity contribution is 5.15. The molecule has 0 amide bonds. The Morgan fingerprint density at radius 1 is 1.82 bits per heavy atom. The van der Waals surface area contributed by atoms with Gasteiger partial charge in [-0.1, -0.05) is 0 Å². The number of hydrogen-bond acceptors (Lipinski definition) is 3. The number of likely N-dealkylation sites (N-methyl/N-ethyl adjacent to an activating group) is 1. The Bertz CT molecular complexity index is 226. The number of hydrogen-bond donors (Lipinski definition) is 2. The summed E-state index contributed by atoms with van der Waals surface area (Å²) in [5.41, 5.74) is 1.06. The Morgan fingerprint density at radius 3 is 3.09 bits per heavy atom. The van der Waals surface area contributed by atoms with Crippen LogP contribution in [0.4, 0.5) is 0 Å². The second kappa shape index (κ2) is 2.32. The van der Waals surface area contributed by atoms with E-state index in [2.05, 4.69) is 15.1 Å². The quantitative estimate of drug-likeness (QED) is 0.585. The van der Waals surface area contributed by atoms with Gasteiger partial charge in [-0.25, -0.2) is 0 Å². The van der Waals surface area contributed by atoms with Crippen molar-refractivity contribution in [2.45, 2.75) is 12.1 Å². The molecule has 0 saturated carbocycles. The topological polar surface area (TPSA) is 52.1 Å². The molecule has 2 rings (SSSR count). The second-order valence-electron chi connectivity index (χ2n) is 2.98. The molecule has 0 radical (unpaired) electrons. The third-order valence-corrected chi connectivity index (χ3v) is 2.18. The third-order valence-electron chi connectivity index (χ3n) is 2.18. The Morgan fingerprint density at radius 2 is 2.64 bits per heavy atom. The molecule has 2 N–H and O–H groups in total. The summed E-state index contributed by atoms with van der Waals surface area (Å²) < 4.78 is 0. The minimum Gasteiger partial charge on any atom is -0.390 e. The zero-order valence-corrected chi connectivity index (χ0v) is 6.36. The summed E-state index contributed by atoms with van der Waals surface area (Å²) in [5, 5.41) is 15.9. The van der Waals surface area contributed by atoms with E-state index in [9.17, 15) is 5.11 Å². The molecule has 4 heteroatoms. The van der Waals surface area contributed by atoms with E-state index in [0.717, 1.165) is 12.1 Å². The molecular formula is C7H11N3O. The van der Waals surface area contributed by atoms with Crippen LogP contribution in [0.2, 0.25) is 0 Å². The molecule has 1 aliphatic heterocycles. The Hall–Kier alpha value is -0.870. The summed E-state index contributed by atoms with van der Waals surface area (Å²) in [6.45, 7) is 0.760. The van der Waals surface area contributed by atoms with Gasteiger partial charge in [0.1, 0.15) is 0 Å². The molecule has 2 heterocycles. The van der Waals surface area contributed by atoms with Gasteiger partial charge in [-0.3, -0.25) is 10.00 Å². The highest BCUT2D eigenvalue weighted by Crippen LogP contribution is 2.30. The van der Waals surface area contributed by atoms with E-state index in [0.29, 0.717) is 0 Å². The van der Waals surface area contributed by atoms with Crippen LogP contribution in [-0.2, 0) is 0 Å². The van der Waals surface area contributed by atoms with Crippen molar-refractivity contribution < 1.29 is 5.11 Å². The van der Waals surface area contributed by atoms with Crippen molar-refractivity contribution in [1.82, 2.24) is 15.1 Å². The van der Waals surface area contributed by atoms with Gasteiger partial charge in [0.15, 0.2) is 0 Å². The van der Waals surface area contributed by atoms with Crippen molar-refractivity contribution in [2.75, 3.05) is 13.6 Å². The van der Waals surface area contributed by atoms with Crippen LogP contribution in [0.1, 0.15) is 11.6 Å². The molecule has 1 aliphatic rings. The molecule has 0 aliphatic carbocycles. The van der Waals surface area contributed by atoms with Gasteiger partial charge in [0, 0.05) is 18.3 Å². The maximum Gasteiger partial charge on any atom is 0.0864 e. The van der Waals surface area contributed by atoms with E-state index in [-0.39, 0.29) is 12.1 Å². The summed E-state index contributed by atoms with van der Waals surface area (Å²) in [5.74, 6) is 0. The van der Waals surface area contributed by atoms with Gasteiger partial charge >= 0.3 is 0 Å².